The Morgan fingerprint density at radius 3 is 2.54 bits per heavy atom. The van der Waals surface area contributed by atoms with Gasteiger partial charge < -0.3 is 9.64 Å². The van der Waals surface area contributed by atoms with Gasteiger partial charge in [-0.05, 0) is 52.3 Å². The van der Waals surface area contributed by atoms with Crippen LogP contribution in [0, 0.1) is 0 Å². The molecule has 0 aliphatic carbocycles. The third kappa shape index (κ3) is 4.46. The lowest BCUT2D eigenvalue weighted by atomic mass is 10.2. The number of carbonyl (C=O) groups is 1. The number of carbonyl (C=O) groups excluding carboxylic acids is 1. The van der Waals surface area contributed by atoms with Gasteiger partial charge in [0.25, 0.3) is 5.91 Å². The van der Waals surface area contributed by atoms with E-state index >= 15 is 0 Å². The highest BCUT2D eigenvalue weighted by atomic mass is 79.9. The molecular formula is C20H20BrN3O2S2. The molecule has 0 spiro atoms. The van der Waals surface area contributed by atoms with Gasteiger partial charge in [0, 0.05) is 48.5 Å². The molecule has 1 aliphatic rings. The van der Waals surface area contributed by atoms with Gasteiger partial charge in [0.1, 0.15) is 16.5 Å². The Bertz CT molecular complexity index is 947. The third-order valence-corrected chi connectivity index (χ3v) is 7.23. The Morgan fingerprint density at radius 2 is 1.89 bits per heavy atom. The molecule has 1 amide bonds. The molecular weight excluding hydrogens is 458 g/mol. The minimum atomic E-state index is 0.0227. The van der Waals surface area contributed by atoms with E-state index in [-0.39, 0.29) is 5.91 Å². The Labute approximate surface area is 180 Å². The van der Waals surface area contributed by atoms with E-state index in [0.29, 0.717) is 5.69 Å². The molecule has 2 aromatic heterocycles. The van der Waals surface area contributed by atoms with Crippen LogP contribution in [0.2, 0.25) is 0 Å². The van der Waals surface area contributed by atoms with Gasteiger partial charge in [-0.2, -0.15) is 0 Å². The predicted octanol–water partition coefficient (Wildman–Crippen LogP) is 4.60. The van der Waals surface area contributed by atoms with Crippen LogP contribution in [0.15, 0.2) is 45.6 Å². The number of methoxy groups -OCH3 is 1. The third-order valence-electron chi connectivity index (χ3n) is 4.73. The maximum Gasteiger partial charge on any atom is 0.273 e. The van der Waals surface area contributed by atoms with Crippen molar-refractivity contribution in [2.45, 2.75) is 6.54 Å². The summed E-state index contributed by atoms with van der Waals surface area (Å²) in [6.07, 6.45) is 0. The summed E-state index contributed by atoms with van der Waals surface area (Å²) < 4.78 is 6.35. The maximum atomic E-state index is 12.8. The van der Waals surface area contributed by atoms with Gasteiger partial charge in [-0.25, -0.2) is 4.98 Å². The van der Waals surface area contributed by atoms with Gasteiger partial charge in [-0.15, -0.1) is 22.7 Å². The number of benzene rings is 1. The van der Waals surface area contributed by atoms with Crippen LogP contribution in [-0.2, 0) is 6.54 Å². The molecule has 1 aromatic carbocycles. The number of ether oxygens (including phenoxy) is 1. The van der Waals surface area contributed by atoms with Crippen molar-refractivity contribution in [2.24, 2.45) is 0 Å². The minimum Gasteiger partial charge on any atom is -0.497 e. The normalized spacial score (nSPS) is 15.0. The molecule has 3 heterocycles. The summed E-state index contributed by atoms with van der Waals surface area (Å²) in [6, 6.07) is 12.0. The highest BCUT2D eigenvalue weighted by Crippen LogP contribution is 2.27. The molecule has 28 heavy (non-hydrogen) atoms. The zero-order valence-electron chi connectivity index (χ0n) is 15.4. The average Bonchev–Trinajstić information content (AvgIpc) is 3.37. The van der Waals surface area contributed by atoms with E-state index in [9.17, 15) is 4.79 Å². The van der Waals surface area contributed by atoms with Crippen molar-refractivity contribution in [3.8, 4) is 16.3 Å². The Kier molecular flexibility index (Phi) is 6.10. The van der Waals surface area contributed by atoms with Crippen LogP contribution in [0.25, 0.3) is 10.6 Å². The van der Waals surface area contributed by atoms with Crippen LogP contribution >= 0.6 is 38.6 Å². The molecule has 146 valence electrons. The van der Waals surface area contributed by atoms with Crippen molar-refractivity contribution in [1.29, 1.82) is 0 Å². The van der Waals surface area contributed by atoms with E-state index in [1.807, 2.05) is 34.5 Å². The zero-order valence-corrected chi connectivity index (χ0v) is 18.6. The minimum absolute atomic E-state index is 0.0227. The molecule has 0 N–H and O–H groups in total. The smallest absolute Gasteiger partial charge is 0.273 e. The molecule has 1 aliphatic heterocycles. The Hall–Kier alpha value is -1.74. The van der Waals surface area contributed by atoms with Crippen molar-refractivity contribution in [3.05, 3.63) is 56.1 Å². The molecule has 4 rings (SSSR count). The second-order valence-electron chi connectivity index (χ2n) is 6.54. The second kappa shape index (κ2) is 8.73. The number of thiazole rings is 1. The molecule has 8 heteroatoms. The monoisotopic (exact) mass is 477 g/mol. The zero-order chi connectivity index (χ0) is 19.5. The van der Waals surface area contributed by atoms with Gasteiger partial charge in [0.15, 0.2) is 0 Å². The lowest BCUT2D eigenvalue weighted by molar-refractivity contribution is 0.0625. The Balaban J connectivity index is 1.35. The number of piperazine rings is 1. The van der Waals surface area contributed by atoms with Crippen molar-refractivity contribution < 1.29 is 9.53 Å². The number of hydrogen-bond acceptors (Lipinski definition) is 6. The molecule has 0 atom stereocenters. The fraction of sp³-hybridized carbons (Fsp3) is 0.300. The van der Waals surface area contributed by atoms with Gasteiger partial charge in [0.2, 0.25) is 0 Å². The summed E-state index contributed by atoms with van der Waals surface area (Å²) in [5, 5.41) is 2.71. The number of rotatable bonds is 5. The lowest BCUT2D eigenvalue weighted by Crippen LogP contribution is -2.48. The van der Waals surface area contributed by atoms with Crippen LogP contribution in [0.5, 0.6) is 5.75 Å². The van der Waals surface area contributed by atoms with Crippen molar-refractivity contribution in [3.63, 3.8) is 0 Å². The average molecular weight is 478 g/mol. The SMILES string of the molecule is COc1ccc(-c2nc(C(=O)N3CCN(Cc4ccc(Br)s4)CC3)cs2)cc1. The predicted molar refractivity (Wildman–Crippen MR) is 117 cm³/mol. The first kappa shape index (κ1) is 19.6. The van der Waals surface area contributed by atoms with Gasteiger partial charge in [0.05, 0.1) is 10.9 Å². The summed E-state index contributed by atoms with van der Waals surface area (Å²) in [6.45, 7) is 4.19. The van der Waals surface area contributed by atoms with E-state index in [1.165, 1.54) is 16.2 Å². The largest absolute Gasteiger partial charge is 0.497 e. The fourth-order valence-corrected chi connectivity index (χ4v) is 5.49. The van der Waals surface area contributed by atoms with Crippen LogP contribution in [0.4, 0.5) is 0 Å². The lowest BCUT2D eigenvalue weighted by Gasteiger charge is -2.34. The number of halogens is 1. The van der Waals surface area contributed by atoms with E-state index in [4.69, 9.17) is 4.74 Å². The molecule has 0 bridgehead atoms. The highest BCUT2D eigenvalue weighted by molar-refractivity contribution is 9.11. The highest BCUT2D eigenvalue weighted by Gasteiger charge is 2.24. The first-order valence-corrected chi connectivity index (χ1v) is 11.5. The molecule has 5 nitrogen and oxygen atoms in total. The van der Waals surface area contributed by atoms with Gasteiger partial charge in [-0.1, -0.05) is 0 Å². The number of aromatic nitrogens is 1. The number of amides is 1. The summed E-state index contributed by atoms with van der Waals surface area (Å²) in [7, 11) is 1.65. The van der Waals surface area contributed by atoms with Crippen molar-refractivity contribution in [1.82, 2.24) is 14.8 Å². The van der Waals surface area contributed by atoms with E-state index < -0.39 is 0 Å². The molecule has 0 radical (unpaired) electrons. The maximum absolute atomic E-state index is 12.8. The molecule has 0 saturated carbocycles. The van der Waals surface area contributed by atoms with Gasteiger partial charge in [-0.3, -0.25) is 9.69 Å². The quantitative estimate of drug-likeness (QED) is 0.538. The van der Waals surface area contributed by atoms with Crippen molar-refractivity contribution in [2.75, 3.05) is 33.3 Å². The molecule has 1 fully saturated rings. The number of thiophene rings is 1. The van der Waals surface area contributed by atoms with Crippen molar-refractivity contribution >= 4 is 44.5 Å². The standard InChI is InChI=1S/C20H20BrN3O2S2/c1-26-15-4-2-14(3-5-15)19-22-17(13-27-19)20(25)24-10-8-23(9-11-24)12-16-6-7-18(21)28-16/h2-7,13H,8-12H2,1H3. The summed E-state index contributed by atoms with van der Waals surface area (Å²) in [5.41, 5.74) is 1.53. The van der Waals surface area contributed by atoms with Crippen LogP contribution < -0.4 is 4.74 Å². The number of nitrogens with zero attached hydrogens (tertiary/aromatic N) is 3. The van der Waals surface area contributed by atoms with Crippen LogP contribution in [-0.4, -0.2) is 54.0 Å². The summed E-state index contributed by atoms with van der Waals surface area (Å²) in [5.74, 6) is 0.832. The fourth-order valence-electron chi connectivity index (χ4n) is 3.17. The van der Waals surface area contributed by atoms with Crippen LogP contribution in [0.3, 0.4) is 0 Å². The second-order valence-corrected chi connectivity index (χ2v) is 9.95. The first-order valence-electron chi connectivity index (χ1n) is 8.98. The van der Waals surface area contributed by atoms with E-state index in [1.54, 1.807) is 18.4 Å². The van der Waals surface area contributed by atoms with Crippen LogP contribution in [0.1, 0.15) is 15.4 Å². The molecule has 3 aromatic rings. The first-order chi connectivity index (χ1) is 13.6. The topological polar surface area (TPSA) is 45.7 Å². The van der Waals surface area contributed by atoms with E-state index in [0.717, 1.165) is 52.8 Å². The molecule has 1 saturated heterocycles. The summed E-state index contributed by atoms with van der Waals surface area (Å²) in [4.78, 5) is 23.1. The van der Waals surface area contributed by atoms with E-state index in [2.05, 4.69) is 37.9 Å². The summed E-state index contributed by atoms with van der Waals surface area (Å²) >= 11 is 6.78. The Morgan fingerprint density at radius 1 is 1.14 bits per heavy atom. The van der Waals surface area contributed by atoms with Gasteiger partial charge >= 0.3 is 0 Å². The molecule has 0 unspecified atom stereocenters. The number of hydrogen-bond donors (Lipinski definition) is 0.